The minimum Gasteiger partial charge on any atom is -0.481 e. The van der Waals surface area contributed by atoms with Crippen LogP contribution in [0.4, 0.5) is 0 Å². The molecule has 1 aliphatic rings. The second-order valence-electron chi connectivity index (χ2n) is 7.18. The lowest BCUT2D eigenvalue weighted by atomic mass is 9.90. The zero-order valence-corrected chi connectivity index (χ0v) is 15.7. The summed E-state index contributed by atoms with van der Waals surface area (Å²) < 4.78 is 0. The lowest BCUT2D eigenvalue weighted by molar-refractivity contribution is -0.144. The summed E-state index contributed by atoms with van der Waals surface area (Å²) in [5.74, 6) is -1.35. The Bertz CT molecular complexity index is 597. The van der Waals surface area contributed by atoms with E-state index in [1.54, 1.807) is 4.90 Å². The second kappa shape index (κ2) is 8.48. The van der Waals surface area contributed by atoms with E-state index in [0.29, 0.717) is 24.6 Å². The summed E-state index contributed by atoms with van der Waals surface area (Å²) >= 11 is 0. The maximum atomic E-state index is 12.8. The number of likely N-dealkylation sites (tertiary alicyclic amines) is 1. The molecule has 1 saturated heterocycles. The number of hydrogen-bond donors (Lipinski definition) is 1. The van der Waals surface area contributed by atoms with Crippen molar-refractivity contribution in [3.63, 3.8) is 0 Å². The molecule has 1 aliphatic heterocycles. The van der Waals surface area contributed by atoms with Crippen LogP contribution in [0.5, 0.6) is 0 Å². The van der Waals surface area contributed by atoms with Gasteiger partial charge in [0.15, 0.2) is 0 Å². The molecule has 1 N–H and O–H groups in total. The first-order valence-corrected chi connectivity index (χ1v) is 9.21. The predicted molar refractivity (Wildman–Crippen MR) is 98.5 cm³/mol. The van der Waals surface area contributed by atoms with Crippen molar-refractivity contribution in [1.29, 1.82) is 0 Å². The van der Waals surface area contributed by atoms with Gasteiger partial charge in [0.05, 0.1) is 5.92 Å². The highest BCUT2D eigenvalue weighted by molar-refractivity contribution is 5.94. The van der Waals surface area contributed by atoms with E-state index >= 15 is 0 Å². The van der Waals surface area contributed by atoms with Gasteiger partial charge in [-0.1, -0.05) is 19.1 Å². The highest BCUT2D eigenvalue weighted by atomic mass is 16.4. The molecule has 138 valence electrons. The van der Waals surface area contributed by atoms with Gasteiger partial charge in [-0.3, -0.25) is 14.5 Å². The minimum atomic E-state index is -0.811. The molecule has 0 unspecified atom stereocenters. The summed E-state index contributed by atoms with van der Waals surface area (Å²) in [5, 5.41) is 9.32. The molecule has 0 bridgehead atoms. The lowest BCUT2D eigenvalue weighted by Gasteiger charge is -2.37. The smallest absolute Gasteiger partial charge is 0.308 e. The first kappa shape index (κ1) is 19.4. The summed E-state index contributed by atoms with van der Waals surface area (Å²) in [7, 11) is 0. The maximum absolute atomic E-state index is 12.8. The number of piperidine rings is 1. The minimum absolute atomic E-state index is 0.0683. The van der Waals surface area contributed by atoms with Crippen molar-refractivity contribution in [2.45, 2.75) is 59.2 Å². The number of nitrogens with zero attached hydrogens (tertiary/aromatic N) is 2. The second-order valence-corrected chi connectivity index (χ2v) is 7.18. The molecule has 1 aromatic carbocycles. The predicted octanol–water partition coefficient (Wildman–Crippen LogP) is 3.24. The molecular formula is C20H30N2O3. The van der Waals surface area contributed by atoms with E-state index < -0.39 is 11.9 Å². The van der Waals surface area contributed by atoms with E-state index in [1.807, 2.05) is 31.2 Å². The van der Waals surface area contributed by atoms with Crippen LogP contribution in [0, 0.1) is 5.92 Å². The van der Waals surface area contributed by atoms with Crippen LogP contribution in [-0.2, 0) is 11.3 Å². The van der Waals surface area contributed by atoms with E-state index in [-0.39, 0.29) is 11.9 Å². The zero-order chi connectivity index (χ0) is 18.6. The van der Waals surface area contributed by atoms with Crippen LogP contribution in [0.25, 0.3) is 0 Å². The SMILES string of the molecule is CCN(Cc1ccc(C(=O)N2CCC[C@H](C(=O)O)[C@@H]2C)cc1)C(C)C. The van der Waals surface area contributed by atoms with Crippen LogP contribution >= 0.6 is 0 Å². The fourth-order valence-corrected chi connectivity index (χ4v) is 3.57. The Balaban J connectivity index is 2.08. The van der Waals surface area contributed by atoms with Gasteiger partial charge < -0.3 is 10.0 Å². The van der Waals surface area contributed by atoms with Gasteiger partial charge in [0.2, 0.25) is 0 Å². The third-order valence-corrected chi connectivity index (χ3v) is 5.29. The van der Waals surface area contributed by atoms with Crippen LogP contribution in [0.1, 0.15) is 56.5 Å². The van der Waals surface area contributed by atoms with Crippen molar-refractivity contribution in [1.82, 2.24) is 9.80 Å². The molecule has 5 nitrogen and oxygen atoms in total. The van der Waals surface area contributed by atoms with E-state index in [1.165, 1.54) is 5.56 Å². The molecule has 1 heterocycles. The summed E-state index contributed by atoms with van der Waals surface area (Å²) in [6.07, 6.45) is 1.38. The lowest BCUT2D eigenvalue weighted by Crippen LogP contribution is -2.49. The molecule has 0 saturated carbocycles. The number of amides is 1. The van der Waals surface area contributed by atoms with Crippen molar-refractivity contribution < 1.29 is 14.7 Å². The Morgan fingerprint density at radius 3 is 2.44 bits per heavy atom. The fraction of sp³-hybridized carbons (Fsp3) is 0.600. The highest BCUT2D eigenvalue weighted by Crippen LogP contribution is 2.25. The number of rotatable bonds is 6. The molecule has 0 aliphatic carbocycles. The normalized spacial score (nSPS) is 21.0. The number of hydrogen-bond acceptors (Lipinski definition) is 3. The number of aliphatic carboxylic acids is 1. The quantitative estimate of drug-likeness (QED) is 0.859. The molecule has 25 heavy (non-hydrogen) atoms. The monoisotopic (exact) mass is 346 g/mol. The number of benzene rings is 1. The Morgan fingerprint density at radius 2 is 1.92 bits per heavy atom. The molecule has 1 aromatic rings. The van der Waals surface area contributed by atoms with Crippen LogP contribution < -0.4 is 0 Å². The van der Waals surface area contributed by atoms with Crippen molar-refractivity contribution in [3.8, 4) is 0 Å². The molecule has 5 heteroatoms. The number of carboxylic acid groups (broad SMARTS) is 1. The van der Waals surface area contributed by atoms with E-state index in [2.05, 4.69) is 25.7 Å². The van der Waals surface area contributed by atoms with E-state index in [4.69, 9.17) is 0 Å². The van der Waals surface area contributed by atoms with Crippen LogP contribution in [0.3, 0.4) is 0 Å². The average Bonchev–Trinajstić information content (AvgIpc) is 2.59. The molecule has 2 atom stereocenters. The van der Waals surface area contributed by atoms with E-state index in [9.17, 15) is 14.7 Å². The molecule has 0 aromatic heterocycles. The maximum Gasteiger partial charge on any atom is 0.308 e. The Hall–Kier alpha value is -1.88. The first-order chi connectivity index (χ1) is 11.8. The van der Waals surface area contributed by atoms with Gasteiger partial charge >= 0.3 is 5.97 Å². The Kier molecular flexibility index (Phi) is 6.59. The van der Waals surface area contributed by atoms with Gasteiger partial charge in [0, 0.05) is 30.7 Å². The molecule has 1 fully saturated rings. The largest absolute Gasteiger partial charge is 0.481 e. The Labute approximate surface area is 150 Å². The van der Waals surface area contributed by atoms with Gasteiger partial charge in [-0.25, -0.2) is 0 Å². The zero-order valence-electron chi connectivity index (χ0n) is 15.7. The van der Waals surface area contributed by atoms with Crippen LogP contribution in [-0.4, -0.2) is 52.0 Å². The fourth-order valence-electron chi connectivity index (χ4n) is 3.57. The number of carboxylic acids is 1. The van der Waals surface area contributed by atoms with E-state index in [0.717, 1.165) is 19.5 Å². The van der Waals surface area contributed by atoms with Crippen molar-refractivity contribution in [2.75, 3.05) is 13.1 Å². The number of carbonyl (C=O) groups excluding carboxylic acids is 1. The molecule has 0 radical (unpaired) electrons. The van der Waals surface area contributed by atoms with Gasteiger partial charge in [0.1, 0.15) is 0 Å². The topological polar surface area (TPSA) is 60.9 Å². The van der Waals surface area contributed by atoms with Crippen LogP contribution in [0.2, 0.25) is 0 Å². The molecule has 0 spiro atoms. The van der Waals surface area contributed by atoms with Crippen LogP contribution in [0.15, 0.2) is 24.3 Å². The van der Waals surface area contributed by atoms with Gasteiger partial charge in [-0.2, -0.15) is 0 Å². The molecule has 1 amide bonds. The molecule has 2 rings (SSSR count). The average molecular weight is 346 g/mol. The standard InChI is InChI=1S/C20H30N2O3/c1-5-21(14(2)3)13-16-8-10-17(11-9-16)19(23)22-12-6-7-18(15(22)4)20(24)25/h8-11,14-15,18H,5-7,12-13H2,1-4H3,(H,24,25)/t15-,18-/m0/s1. The number of carbonyl (C=O) groups is 2. The summed E-state index contributed by atoms with van der Waals surface area (Å²) in [6, 6.07) is 7.94. The first-order valence-electron chi connectivity index (χ1n) is 9.21. The van der Waals surface area contributed by atoms with Crippen molar-refractivity contribution in [2.24, 2.45) is 5.92 Å². The summed E-state index contributed by atoms with van der Waals surface area (Å²) in [6.45, 7) is 10.8. The van der Waals surface area contributed by atoms with Gasteiger partial charge in [-0.15, -0.1) is 0 Å². The third-order valence-electron chi connectivity index (χ3n) is 5.29. The van der Waals surface area contributed by atoms with Gasteiger partial charge in [0.25, 0.3) is 5.91 Å². The summed E-state index contributed by atoms with van der Waals surface area (Å²) in [4.78, 5) is 28.2. The van der Waals surface area contributed by atoms with Crippen molar-refractivity contribution >= 4 is 11.9 Å². The summed E-state index contributed by atoms with van der Waals surface area (Å²) in [5.41, 5.74) is 1.82. The molecular weight excluding hydrogens is 316 g/mol. The Morgan fingerprint density at radius 1 is 1.28 bits per heavy atom. The highest BCUT2D eigenvalue weighted by Gasteiger charge is 2.35. The van der Waals surface area contributed by atoms with Gasteiger partial charge in [-0.05, 0) is 57.9 Å². The van der Waals surface area contributed by atoms with Crippen molar-refractivity contribution in [3.05, 3.63) is 35.4 Å². The third kappa shape index (κ3) is 4.60.